The molecule has 14 heteroatoms. The van der Waals surface area contributed by atoms with Gasteiger partial charge in [-0.3, -0.25) is 9.40 Å². The van der Waals surface area contributed by atoms with Crippen LogP contribution in [0.3, 0.4) is 0 Å². The van der Waals surface area contributed by atoms with E-state index < -0.39 is 21.9 Å². The Balaban J connectivity index is 2.07. The Morgan fingerprint density at radius 1 is 1.02 bits per heavy atom. The topological polar surface area (TPSA) is 150 Å². The van der Waals surface area contributed by atoms with Crippen LogP contribution >= 0.6 is 0 Å². The first-order valence-corrected chi connectivity index (χ1v) is 13.4. The van der Waals surface area contributed by atoms with E-state index in [4.69, 9.17) is 19.0 Å². The quantitative estimate of drug-likeness (QED) is 0.267. The fourth-order valence-electron chi connectivity index (χ4n) is 3.85. The summed E-state index contributed by atoms with van der Waals surface area (Å²) in [5, 5.41) is 18.5. The number of rotatable bonds is 11. The van der Waals surface area contributed by atoms with Crippen LogP contribution < -0.4 is 19.1 Å². The van der Waals surface area contributed by atoms with E-state index in [1.807, 2.05) is 6.07 Å². The van der Waals surface area contributed by atoms with E-state index >= 15 is 0 Å². The van der Waals surface area contributed by atoms with Gasteiger partial charge < -0.3 is 14.2 Å². The van der Waals surface area contributed by atoms with E-state index in [9.17, 15) is 18.1 Å². The summed E-state index contributed by atoms with van der Waals surface area (Å²) in [6, 6.07) is 15.5. The number of pyridine rings is 1. The van der Waals surface area contributed by atoms with Crippen molar-refractivity contribution in [1.29, 1.82) is 5.26 Å². The van der Waals surface area contributed by atoms with E-state index in [0.29, 0.717) is 28.8 Å². The van der Waals surface area contributed by atoms with Crippen molar-refractivity contribution in [3.8, 4) is 40.7 Å². The third-order valence-electron chi connectivity index (χ3n) is 5.80. The summed E-state index contributed by atoms with van der Waals surface area (Å²) >= 11 is 0. The van der Waals surface area contributed by atoms with Gasteiger partial charge in [-0.05, 0) is 37.3 Å². The lowest BCUT2D eigenvalue weighted by Crippen LogP contribution is -2.29. The summed E-state index contributed by atoms with van der Waals surface area (Å²) in [4.78, 5) is 12.2. The molecule has 0 radical (unpaired) electrons. The fraction of sp³-hybridized carbons (Fsp3) is 0.231. The number of hydrogen-bond acceptors (Lipinski definition) is 10. The van der Waals surface area contributed by atoms with Crippen LogP contribution in [0.1, 0.15) is 30.0 Å². The summed E-state index contributed by atoms with van der Waals surface area (Å²) in [7, 11) is 0.507. The summed E-state index contributed by atoms with van der Waals surface area (Å²) < 4.78 is 56.8. The Bertz CT molecular complexity index is 1650. The SMILES string of the molecule is CCS(=O)(=O)NO[C@H](c1ccc(F)cc1C#N)c1nnc(-c2cccc(OC)n2)n1-c1c(OC)cccc1OC. The van der Waals surface area contributed by atoms with Crippen LogP contribution in [0.2, 0.25) is 0 Å². The molecule has 4 rings (SSSR count). The summed E-state index contributed by atoms with van der Waals surface area (Å²) in [5.41, 5.74) is 0.678. The lowest BCUT2D eigenvalue weighted by Gasteiger charge is -2.22. The molecule has 0 fully saturated rings. The predicted octanol–water partition coefficient (Wildman–Crippen LogP) is 3.33. The maximum absolute atomic E-state index is 14.1. The van der Waals surface area contributed by atoms with Crippen molar-refractivity contribution < 1.29 is 31.9 Å². The van der Waals surface area contributed by atoms with Gasteiger partial charge in [0.1, 0.15) is 28.7 Å². The van der Waals surface area contributed by atoms with Crippen molar-refractivity contribution in [1.82, 2.24) is 24.6 Å². The van der Waals surface area contributed by atoms with Gasteiger partial charge in [0.05, 0.1) is 38.7 Å². The van der Waals surface area contributed by atoms with Crippen molar-refractivity contribution in [3.05, 3.63) is 77.4 Å². The molecular weight excluding hydrogens is 543 g/mol. The first kappa shape index (κ1) is 28.4. The van der Waals surface area contributed by atoms with Crippen molar-refractivity contribution in [2.45, 2.75) is 13.0 Å². The molecule has 4 aromatic rings. The van der Waals surface area contributed by atoms with Crippen LogP contribution in [-0.2, 0) is 14.9 Å². The molecule has 0 aliphatic rings. The maximum atomic E-state index is 14.1. The van der Waals surface area contributed by atoms with Crippen molar-refractivity contribution in [2.75, 3.05) is 27.1 Å². The second-order valence-corrected chi connectivity index (χ2v) is 10.1. The number of sulfonamides is 1. The highest BCUT2D eigenvalue weighted by molar-refractivity contribution is 7.89. The molecule has 1 N–H and O–H groups in total. The lowest BCUT2D eigenvalue weighted by atomic mass is 10.0. The minimum Gasteiger partial charge on any atom is -0.494 e. The number of nitrogens with zero attached hydrogens (tertiary/aromatic N) is 5. The number of para-hydroxylation sites is 1. The molecule has 12 nitrogen and oxygen atoms in total. The Labute approximate surface area is 229 Å². The number of nitriles is 1. The zero-order valence-corrected chi connectivity index (χ0v) is 22.8. The zero-order chi connectivity index (χ0) is 28.9. The number of ether oxygens (including phenoxy) is 3. The Morgan fingerprint density at radius 3 is 2.35 bits per heavy atom. The Hall–Kier alpha value is -4.58. The second-order valence-electron chi connectivity index (χ2n) is 8.12. The predicted molar refractivity (Wildman–Crippen MR) is 141 cm³/mol. The molecule has 0 aliphatic carbocycles. The van der Waals surface area contributed by atoms with Gasteiger partial charge in [-0.2, -0.15) is 5.26 Å². The van der Waals surface area contributed by atoms with Crippen LogP contribution in [0, 0.1) is 17.1 Å². The summed E-state index contributed by atoms with van der Waals surface area (Å²) in [5.74, 6) is 0.222. The molecule has 0 saturated heterocycles. The average Bonchev–Trinajstić information content (AvgIpc) is 3.41. The molecule has 0 amide bonds. The number of benzene rings is 2. The fourth-order valence-corrected chi connectivity index (χ4v) is 4.21. The zero-order valence-electron chi connectivity index (χ0n) is 22.0. The molecular formula is C26H25FN6O6S. The molecule has 2 aromatic heterocycles. The van der Waals surface area contributed by atoms with Gasteiger partial charge in [-0.15, -0.1) is 10.2 Å². The molecule has 0 saturated carbocycles. The third kappa shape index (κ3) is 5.71. The van der Waals surface area contributed by atoms with Crippen LogP contribution in [0.4, 0.5) is 4.39 Å². The van der Waals surface area contributed by atoms with Crippen LogP contribution in [0.5, 0.6) is 17.4 Å². The van der Waals surface area contributed by atoms with Gasteiger partial charge in [0.25, 0.3) is 0 Å². The Kier molecular flexibility index (Phi) is 8.58. The van der Waals surface area contributed by atoms with E-state index in [1.165, 1.54) is 38.9 Å². The van der Waals surface area contributed by atoms with E-state index in [1.54, 1.807) is 36.4 Å². The molecule has 2 aromatic carbocycles. The smallest absolute Gasteiger partial charge is 0.233 e. The maximum Gasteiger partial charge on any atom is 0.233 e. The first-order valence-electron chi connectivity index (χ1n) is 11.8. The molecule has 40 heavy (non-hydrogen) atoms. The lowest BCUT2D eigenvalue weighted by molar-refractivity contribution is 0.0353. The highest BCUT2D eigenvalue weighted by Gasteiger charge is 2.32. The molecule has 0 unspecified atom stereocenters. The van der Waals surface area contributed by atoms with E-state index in [0.717, 1.165) is 12.1 Å². The van der Waals surface area contributed by atoms with Gasteiger partial charge in [0.2, 0.25) is 15.9 Å². The van der Waals surface area contributed by atoms with Gasteiger partial charge >= 0.3 is 0 Å². The highest BCUT2D eigenvalue weighted by Crippen LogP contribution is 2.39. The Morgan fingerprint density at radius 2 is 1.73 bits per heavy atom. The van der Waals surface area contributed by atoms with Crippen LogP contribution in [0.25, 0.3) is 17.2 Å². The van der Waals surface area contributed by atoms with Crippen molar-refractivity contribution >= 4 is 10.0 Å². The molecule has 208 valence electrons. The number of nitrogens with one attached hydrogen (secondary N) is 1. The minimum atomic E-state index is -3.88. The van der Waals surface area contributed by atoms with E-state index in [2.05, 4.69) is 20.1 Å². The highest BCUT2D eigenvalue weighted by atomic mass is 32.2. The molecule has 0 bridgehead atoms. The normalized spacial score (nSPS) is 12.0. The number of hydrogen-bond donors (Lipinski definition) is 1. The minimum absolute atomic E-state index is 0.00401. The van der Waals surface area contributed by atoms with Crippen LogP contribution in [0.15, 0.2) is 54.6 Å². The standard InChI is InChI=1S/C26H25FN6O6S/c1-5-40(34,35)32-39-24(18-13-12-17(27)14-16(18)15-28)26-31-30-25(19-8-6-11-22(29-19)38-4)33(26)23-20(36-2)9-7-10-21(23)37-3/h6-14,24,32H,5H2,1-4H3/t24-/m1/s1. The molecule has 0 spiro atoms. The molecule has 0 aliphatic heterocycles. The largest absolute Gasteiger partial charge is 0.494 e. The van der Waals surface area contributed by atoms with Gasteiger partial charge in [0, 0.05) is 11.6 Å². The van der Waals surface area contributed by atoms with Crippen molar-refractivity contribution in [3.63, 3.8) is 0 Å². The average molecular weight is 569 g/mol. The van der Waals surface area contributed by atoms with E-state index in [-0.39, 0.29) is 28.5 Å². The number of methoxy groups -OCH3 is 3. The van der Waals surface area contributed by atoms with Gasteiger partial charge in [0.15, 0.2) is 17.8 Å². The second kappa shape index (κ2) is 12.1. The number of aromatic nitrogens is 4. The van der Waals surface area contributed by atoms with Crippen molar-refractivity contribution in [2.24, 2.45) is 0 Å². The summed E-state index contributed by atoms with van der Waals surface area (Å²) in [6.45, 7) is 1.42. The van der Waals surface area contributed by atoms with Gasteiger partial charge in [-0.1, -0.05) is 23.1 Å². The van der Waals surface area contributed by atoms with Crippen LogP contribution in [-0.4, -0.2) is 55.2 Å². The molecule has 2 heterocycles. The summed E-state index contributed by atoms with van der Waals surface area (Å²) in [6.07, 6.45) is -1.39. The van der Waals surface area contributed by atoms with Gasteiger partial charge in [-0.25, -0.2) is 17.8 Å². The molecule has 1 atom stereocenters. The third-order valence-corrected chi connectivity index (χ3v) is 6.91. The first-order chi connectivity index (χ1) is 19.3. The number of halogens is 1. The monoisotopic (exact) mass is 568 g/mol.